The van der Waals surface area contributed by atoms with Crippen molar-refractivity contribution in [1.29, 1.82) is 0 Å². The van der Waals surface area contributed by atoms with Crippen LogP contribution in [0.1, 0.15) is 78.7 Å². The van der Waals surface area contributed by atoms with Gasteiger partial charge in [-0.3, -0.25) is 28.9 Å². The second-order valence-corrected chi connectivity index (χ2v) is 14.0. The predicted octanol–water partition coefficient (Wildman–Crippen LogP) is 6.41. The van der Waals surface area contributed by atoms with Crippen molar-refractivity contribution in [3.8, 4) is 0 Å². The van der Waals surface area contributed by atoms with Crippen molar-refractivity contribution in [3.63, 3.8) is 0 Å². The maximum Gasteiger partial charge on any atom is 0.433 e. The summed E-state index contributed by atoms with van der Waals surface area (Å²) in [5.41, 5.74) is 1.88. The second kappa shape index (κ2) is 13.7. The fourth-order valence-electron chi connectivity index (χ4n) is 7.93. The molecule has 0 atom stereocenters. The number of hydrogen-bond acceptors (Lipinski definition) is 7. The van der Waals surface area contributed by atoms with Crippen LogP contribution < -0.4 is 15.5 Å². The third kappa shape index (κ3) is 6.84. The third-order valence-corrected chi connectivity index (χ3v) is 10.7. The lowest BCUT2D eigenvalue weighted by Crippen LogP contribution is -2.50. The first kappa shape index (κ1) is 33.8. The van der Waals surface area contributed by atoms with Crippen molar-refractivity contribution in [3.05, 3.63) is 84.1 Å². The van der Waals surface area contributed by atoms with Crippen molar-refractivity contribution < 1.29 is 27.6 Å². The van der Waals surface area contributed by atoms with Gasteiger partial charge in [0.05, 0.1) is 17.8 Å². The molecule has 6 heterocycles. The van der Waals surface area contributed by atoms with E-state index in [4.69, 9.17) is 10.1 Å². The number of anilines is 2. The van der Waals surface area contributed by atoms with E-state index in [9.17, 15) is 27.6 Å². The van der Waals surface area contributed by atoms with E-state index in [2.05, 4.69) is 26.6 Å². The quantitative estimate of drug-likeness (QED) is 0.200. The molecule has 12 nitrogen and oxygen atoms in total. The van der Waals surface area contributed by atoms with Gasteiger partial charge in [-0.15, -0.1) is 0 Å². The van der Waals surface area contributed by atoms with Gasteiger partial charge in [-0.25, -0.2) is 14.8 Å². The number of imide groups is 1. The van der Waals surface area contributed by atoms with E-state index in [-0.39, 0.29) is 24.1 Å². The molecule has 0 radical (unpaired) electrons. The minimum atomic E-state index is -4.63. The summed E-state index contributed by atoms with van der Waals surface area (Å²) in [5, 5.41) is 10.7. The fourth-order valence-corrected chi connectivity index (χ4v) is 7.93. The summed E-state index contributed by atoms with van der Waals surface area (Å²) in [6.45, 7) is 3.44. The number of carbonyl (C=O) groups is 3. The number of rotatable bonds is 7. The molecule has 2 N–H and O–H groups in total. The average Bonchev–Trinajstić information content (AvgIpc) is 3.77. The largest absolute Gasteiger partial charge is 0.433 e. The number of nitrogens with zero attached hydrogens (tertiary/aromatic N) is 7. The van der Waals surface area contributed by atoms with Crippen molar-refractivity contribution in [2.24, 2.45) is 5.92 Å². The number of fused-ring (bicyclic) bond motifs is 2. The van der Waals surface area contributed by atoms with Gasteiger partial charge in [0.25, 0.3) is 5.91 Å². The highest BCUT2D eigenvalue weighted by Gasteiger charge is 2.33. The van der Waals surface area contributed by atoms with Gasteiger partial charge in [0.2, 0.25) is 5.91 Å². The lowest BCUT2D eigenvalue weighted by atomic mass is 9.84. The molecule has 4 aromatic heterocycles. The first-order valence-corrected chi connectivity index (χ1v) is 17.7. The SMILES string of the molecule is O=C1CCN(c2cnc3c(C4CCN(CC5CCC(n6cc7cc(NC(=O)c8cccc(C(F)(F)F)n8)ccc7n6)CC5)CC4)cccn23)C(=O)N1. The Bertz CT molecular complexity index is 2150. The van der Waals surface area contributed by atoms with Gasteiger partial charge in [0.15, 0.2) is 0 Å². The molecule has 8 rings (SSSR count). The number of hydrogen-bond donors (Lipinski definition) is 2. The Morgan fingerprint density at radius 3 is 2.54 bits per heavy atom. The van der Waals surface area contributed by atoms with Crippen LogP contribution in [0.15, 0.2) is 67.1 Å². The van der Waals surface area contributed by atoms with Crippen molar-refractivity contribution in [2.45, 2.75) is 63.1 Å². The smallest absolute Gasteiger partial charge is 0.321 e. The Kier molecular flexibility index (Phi) is 8.89. The zero-order valence-corrected chi connectivity index (χ0v) is 28.4. The molecular formula is C37H38F3N9O3. The molecule has 0 bridgehead atoms. The van der Waals surface area contributed by atoms with Gasteiger partial charge in [-0.1, -0.05) is 12.1 Å². The van der Waals surface area contributed by atoms with E-state index in [1.54, 1.807) is 29.3 Å². The monoisotopic (exact) mass is 713 g/mol. The maximum atomic E-state index is 13.1. The van der Waals surface area contributed by atoms with Crippen molar-refractivity contribution in [1.82, 2.24) is 34.4 Å². The molecule has 3 aliphatic rings. The molecule has 270 valence electrons. The highest BCUT2D eigenvalue weighted by molar-refractivity contribution is 6.05. The van der Waals surface area contributed by atoms with Crippen LogP contribution in [0.25, 0.3) is 16.6 Å². The molecule has 4 amide bonds. The Balaban J connectivity index is 0.836. The molecule has 5 aromatic rings. The van der Waals surface area contributed by atoms with E-state index in [0.717, 1.165) is 80.8 Å². The number of piperidine rings is 1. The first-order chi connectivity index (χ1) is 25.1. The van der Waals surface area contributed by atoms with Gasteiger partial charge >= 0.3 is 12.2 Å². The number of halogens is 3. The van der Waals surface area contributed by atoms with E-state index in [0.29, 0.717) is 29.9 Å². The highest BCUT2D eigenvalue weighted by atomic mass is 19.4. The summed E-state index contributed by atoms with van der Waals surface area (Å²) >= 11 is 0. The highest BCUT2D eigenvalue weighted by Crippen LogP contribution is 2.36. The molecule has 3 fully saturated rings. The summed E-state index contributed by atoms with van der Waals surface area (Å²) in [6, 6.07) is 12.5. The zero-order chi connectivity index (χ0) is 36.0. The maximum absolute atomic E-state index is 13.1. The summed E-state index contributed by atoms with van der Waals surface area (Å²) in [7, 11) is 0. The number of urea groups is 1. The lowest BCUT2D eigenvalue weighted by molar-refractivity contribution is -0.141. The summed E-state index contributed by atoms with van der Waals surface area (Å²) < 4.78 is 43.1. The van der Waals surface area contributed by atoms with Crippen LogP contribution in [0.4, 0.5) is 29.5 Å². The minimum Gasteiger partial charge on any atom is -0.321 e. The lowest BCUT2D eigenvalue weighted by Gasteiger charge is -2.36. The van der Waals surface area contributed by atoms with Crippen LogP contribution in [0.3, 0.4) is 0 Å². The first-order valence-electron chi connectivity index (χ1n) is 17.7. The number of amides is 4. The molecule has 1 aliphatic carbocycles. The van der Waals surface area contributed by atoms with Crippen LogP contribution in [-0.4, -0.2) is 73.1 Å². The van der Waals surface area contributed by atoms with Gasteiger partial charge < -0.3 is 10.2 Å². The van der Waals surface area contributed by atoms with Gasteiger partial charge in [0, 0.05) is 43.0 Å². The number of carbonyl (C=O) groups excluding carboxylic acids is 3. The number of pyridine rings is 2. The Hall–Kier alpha value is -5.31. The molecule has 1 aromatic carbocycles. The Morgan fingerprint density at radius 1 is 0.962 bits per heavy atom. The van der Waals surface area contributed by atoms with Gasteiger partial charge in [-0.2, -0.15) is 18.3 Å². The standard InChI is InChI=1S/C37H38F3N9O3/c38-37(39,40)31-5-1-4-30(43-31)35(51)42-26-8-11-29-25(19-26)22-49(45-29)27-9-6-23(7-10-27)21-46-16-12-24(13-17-46)28-3-2-15-47-33(20-41-34(28)47)48-18-14-32(50)44-36(48)52/h1-5,8,11,15,19-20,22-24,27H,6-7,9-10,12-14,16-18,21H2,(H,42,51)(H,44,50,52). The van der Waals surface area contributed by atoms with Crippen LogP contribution in [-0.2, 0) is 11.0 Å². The average molecular weight is 714 g/mol. The molecule has 0 unspecified atom stereocenters. The molecule has 0 spiro atoms. The van der Waals surface area contributed by atoms with E-state index in [1.807, 2.05) is 27.5 Å². The second-order valence-electron chi connectivity index (χ2n) is 14.0. The molecule has 52 heavy (non-hydrogen) atoms. The van der Waals surface area contributed by atoms with Crippen LogP contribution in [0.2, 0.25) is 0 Å². The van der Waals surface area contributed by atoms with Crippen molar-refractivity contribution >= 4 is 45.9 Å². The molecular weight excluding hydrogens is 675 g/mol. The normalized spacial score (nSPS) is 20.8. The van der Waals surface area contributed by atoms with Gasteiger partial charge in [0.1, 0.15) is 22.9 Å². The Morgan fingerprint density at radius 2 is 1.77 bits per heavy atom. The molecule has 15 heteroatoms. The fraction of sp³-hybridized carbons (Fsp3) is 0.405. The minimum absolute atomic E-state index is 0.260. The number of imidazole rings is 1. The number of alkyl halides is 3. The summed E-state index contributed by atoms with van der Waals surface area (Å²) in [4.78, 5) is 49.1. The number of aromatic nitrogens is 5. The van der Waals surface area contributed by atoms with Crippen LogP contribution in [0, 0.1) is 5.92 Å². The van der Waals surface area contributed by atoms with Crippen LogP contribution in [0.5, 0.6) is 0 Å². The summed E-state index contributed by atoms with van der Waals surface area (Å²) in [6.07, 6.45) is 7.58. The number of likely N-dealkylation sites (tertiary alicyclic amines) is 1. The topological polar surface area (TPSA) is 130 Å². The molecule has 1 saturated carbocycles. The third-order valence-electron chi connectivity index (χ3n) is 10.7. The predicted molar refractivity (Wildman–Crippen MR) is 187 cm³/mol. The van der Waals surface area contributed by atoms with E-state index in [1.165, 1.54) is 17.7 Å². The number of benzene rings is 1. The summed E-state index contributed by atoms with van der Waals surface area (Å²) in [5.74, 6) is 0.688. The number of nitrogens with one attached hydrogen (secondary N) is 2. The van der Waals surface area contributed by atoms with E-state index >= 15 is 0 Å². The van der Waals surface area contributed by atoms with Gasteiger partial charge in [-0.05, 0) is 105 Å². The molecule has 2 aliphatic heterocycles. The Labute approximate surface area is 297 Å². The van der Waals surface area contributed by atoms with E-state index < -0.39 is 23.8 Å². The molecule has 2 saturated heterocycles. The van der Waals surface area contributed by atoms with Crippen LogP contribution >= 0.6 is 0 Å². The zero-order valence-electron chi connectivity index (χ0n) is 28.4. The van der Waals surface area contributed by atoms with Crippen molar-refractivity contribution in [2.75, 3.05) is 36.4 Å².